The quantitative estimate of drug-likeness (QED) is 0.827. The van der Waals surface area contributed by atoms with E-state index in [1.165, 1.54) is 56.8 Å². The van der Waals surface area contributed by atoms with Crippen molar-refractivity contribution in [2.24, 2.45) is 5.41 Å². The minimum Gasteiger partial charge on any atom is -0.313 e. The Morgan fingerprint density at radius 2 is 2.22 bits per heavy atom. The van der Waals surface area contributed by atoms with Gasteiger partial charge >= 0.3 is 0 Å². The van der Waals surface area contributed by atoms with Crippen molar-refractivity contribution in [3.63, 3.8) is 0 Å². The maximum Gasteiger partial charge on any atom is 0.0238 e. The summed E-state index contributed by atoms with van der Waals surface area (Å²) in [6, 6.07) is 1.53. The summed E-state index contributed by atoms with van der Waals surface area (Å²) in [5, 5.41) is 3.66. The number of hydrogen-bond donors (Lipinski definition) is 1. The minimum absolute atomic E-state index is 0.499. The van der Waals surface area contributed by atoms with Crippen molar-refractivity contribution < 1.29 is 0 Å². The van der Waals surface area contributed by atoms with Crippen LogP contribution in [0.5, 0.6) is 0 Å². The normalized spacial score (nSPS) is 32.0. The van der Waals surface area contributed by atoms with Crippen molar-refractivity contribution in [3.8, 4) is 0 Å². The molecule has 3 heteroatoms. The Morgan fingerprint density at radius 3 is 2.83 bits per heavy atom. The monoisotopic (exact) mass is 270 g/mol. The summed E-state index contributed by atoms with van der Waals surface area (Å²) in [4.78, 5) is 2.79. The lowest BCUT2D eigenvalue weighted by Gasteiger charge is -2.46. The predicted molar refractivity (Wildman–Crippen MR) is 82.4 cm³/mol. The van der Waals surface area contributed by atoms with Crippen molar-refractivity contribution in [3.05, 3.63) is 0 Å². The first-order valence-corrected chi connectivity index (χ1v) is 8.84. The Labute approximate surface area is 117 Å². The molecule has 1 N–H and O–H groups in total. The number of thioether (sulfide) groups is 1. The van der Waals surface area contributed by atoms with Crippen molar-refractivity contribution in [2.45, 2.75) is 58.5 Å². The van der Waals surface area contributed by atoms with Crippen molar-refractivity contribution in [2.75, 3.05) is 31.1 Å². The average molecular weight is 270 g/mol. The zero-order valence-corrected chi connectivity index (χ0v) is 13.2. The molecule has 2 heterocycles. The lowest BCUT2D eigenvalue weighted by molar-refractivity contribution is 0.0891. The van der Waals surface area contributed by atoms with E-state index in [-0.39, 0.29) is 0 Å². The number of nitrogens with one attached hydrogen (secondary N) is 1. The third-order valence-corrected chi connectivity index (χ3v) is 5.68. The molecular formula is C15H30N2S. The first kappa shape index (κ1) is 14.7. The molecule has 106 valence electrons. The van der Waals surface area contributed by atoms with Gasteiger partial charge in [-0.1, -0.05) is 20.8 Å². The Morgan fingerprint density at radius 1 is 1.39 bits per heavy atom. The largest absolute Gasteiger partial charge is 0.313 e. The first-order chi connectivity index (χ1) is 8.63. The molecule has 0 aromatic heterocycles. The summed E-state index contributed by atoms with van der Waals surface area (Å²) in [5.41, 5.74) is 0.499. The van der Waals surface area contributed by atoms with E-state index in [4.69, 9.17) is 0 Å². The maximum atomic E-state index is 3.66. The molecule has 2 atom stereocenters. The molecule has 2 aliphatic heterocycles. The molecule has 2 fully saturated rings. The fourth-order valence-electron chi connectivity index (χ4n) is 3.38. The summed E-state index contributed by atoms with van der Waals surface area (Å²) < 4.78 is 0. The van der Waals surface area contributed by atoms with Crippen LogP contribution in [-0.2, 0) is 0 Å². The van der Waals surface area contributed by atoms with Crippen LogP contribution in [0.15, 0.2) is 0 Å². The van der Waals surface area contributed by atoms with Crippen LogP contribution in [0.25, 0.3) is 0 Å². The SMILES string of the molecule is CCCN(CC1CCCN1)C1CSCCC1(C)C. The van der Waals surface area contributed by atoms with Crippen LogP contribution in [0.3, 0.4) is 0 Å². The highest BCUT2D eigenvalue weighted by atomic mass is 32.2. The number of hydrogen-bond acceptors (Lipinski definition) is 3. The van der Waals surface area contributed by atoms with Gasteiger partial charge in [0.2, 0.25) is 0 Å². The zero-order valence-electron chi connectivity index (χ0n) is 12.4. The summed E-state index contributed by atoms with van der Waals surface area (Å²) in [7, 11) is 0. The smallest absolute Gasteiger partial charge is 0.0238 e. The Balaban J connectivity index is 1.98. The highest BCUT2D eigenvalue weighted by molar-refractivity contribution is 7.99. The van der Waals surface area contributed by atoms with Gasteiger partial charge in [0.15, 0.2) is 0 Å². The highest BCUT2D eigenvalue weighted by Crippen LogP contribution is 2.37. The van der Waals surface area contributed by atoms with Crippen molar-refractivity contribution in [1.29, 1.82) is 0 Å². The first-order valence-electron chi connectivity index (χ1n) is 7.68. The van der Waals surface area contributed by atoms with E-state index in [0.29, 0.717) is 5.41 Å². The molecule has 0 aliphatic carbocycles. The second-order valence-electron chi connectivity index (χ2n) is 6.62. The van der Waals surface area contributed by atoms with E-state index in [1.54, 1.807) is 0 Å². The third-order valence-electron chi connectivity index (χ3n) is 4.64. The molecule has 2 aliphatic rings. The molecule has 2 saturated heterocycles. The summed E-state index contributed by atoms with van der Waals surface area (Å²) in [6.45, 7) is 11.0. The fourth-order valence-corrected chi connectivity index (χ4v) is 5.10. The molecule has 2 rings (SSSR count). The Bertz CT molecular complexity index is 249. The standard InChI is InChI=1S/C15H30N2S/c1-4-9-17(11-13-6-5-8-16-13)14-12-18-10-7-15(14,2)3/h13-14,16H,4-12H2,1-3H3. The fraction of sp³-hybridized carbons (Fsp3) is 1.00. The third kappa shape index (κ3) is 3.64. The molecule has 18 heavy (non-hydrogen) atoms. The van der Waals surface area contributed by atoms with Gasteiger partial charge in [-0.3, -0.25) is 4.90 Å². The van der Waals surface area contributed by atoms with Crippen LogP contribution in [-0.4, -0.2) is 48.1 Å². The topological polar surface area (TPSA) is 15.3 Å². The molecular weight excluding hydrogens is 240 g/mol. The van der Waals surface area contributed by atoms with Crippen molar-refractivity contribution >= 4 is 11.8 Å². The van der Waals surface area contributed by atoms with Gasteiger partial charge in [-0.15, -0.1) is 0 Å². The van der Waals surface area contributed by atoms with E-state index in [2.05, 4.69) is 42.7 Å². The van der Waals surface area contributed by atoms with Gasteiger partial charge in [-0.25, -0.2) is 0 Å². The molecule has 0 aromatic carbocycles. The van der Waals surface area contributed by atoms with Crippen LogP contribution in [0.2, 0.25) is 0 Å². The number of rotatable bonds is 5. The van der Waals surface area contributed by atoms with Gasteiger partial charge in [0.1, 0.15) is 0 Å². The molecule has 2 unspecified atom stereocenters. The molecule has 0 bridgehead atoms. The maximum absolute atomic E-state index is 3.66. The van der Waals surface area contributed by atoms with Crippen LogP contribution in [0.4, 0.5) is 0 Å². The molecule has 0 radical (unpaired) electrons. The lowest BCUT2D eigenvalue weighted by atomic mass is 9.81. The van der Waals surface area contributed by atoms with Crippen LogP contribution in [0, 0.1) is 5.41 Å². The highest BCUT2D eigenvalue weighted by Gasteiger charge is 2.37. The van der Waals surface area contributed by atoms with Gasteiger partial charge in [0.05, 0.1) is 0 Å². The van der Waals surface area contributed by atoms with Gasteiger partial charge in [0.25, 0.3) is 0 Å². The molecule has 2 nitrogen and oxygen atoms in total. The lowest BCUT2D eigenvalue weighted by Crippen LogP contribution is -2.52. The zero-order chi connectivity index (χ0) is 13.0. The number of nitrogens with zero attached hydrogens (tertiary/aromatic N) is 1. The van der Waals surface area contributed by atoms with Gasteiger partial charge < -0.3 is 5.32 Å². The van der Waals surface area contributed by atoms with Crippen molar-refractivity contribution in [1.82, 2.24) is 10.2 Å². The summed E-state index contributed by atoms with van der Waals surface area (Å²) in [5.74, 6) is 2.69. The van der Waals surface area contributed by atoms with E-state index in [0.717, 1.165) is 12.1 Å². The minimum atomic E-state index is 0.499. The average Bonchev–Trinajstić information content (AvgIpc) is 2.81. The van der Waals surface area contributed by atoms with Gasteiger partial charge in [-0.05, 0) is 49.9 Å². The molecule has 0 spiro atoms. The second kappa shape index (κ2) is 6.62. The van der Waals surface area contributed by atoms with E-state index >= 15 is 0 Å². The van der Waals surface area contributed by atoms with E-state index in [9.17, 15) is 0 Å². The van der Waals surface area contributed by atoms with E-state index < -0.39 is 0 Å². The molecule has 0 amide bonds. The van der Waals surface area contributed by atoms with Crippen LogP contribution in [0.1, 0.15) is 46.5 Å². The van der Waals surface area contributed by atoms with Gasteiger partial charge in [0, 0.05) is 24.4 Å². The van der Waals surface area contributed by atoms with Gasteiger partial charge in [-0.2, -0.15) is 11.8 Å². The van der Waals surface area contributed by atoms with E-state index in [1.807, 2.05) is 0 Å². The second-order valence-corrected chi connectivity index (χ2v) is 7.77. The van der Waals surface area contributed by atoms with Crippen LogP contribution < -0.4 is 5.32 Å². The Kier molecular flexibility index (Phi) is 5.40. The van der Waals surface area contributed by atoms with Crippen LogP contribution >= 0.6 is 11.8 Å². The Hall–Kier alpha value is 0.270. The summed E-state index contributed by atoms with van der Waals surface area (Å²) >= 11 is 2.16. The molecule has 0 saturated carbocycles. The molecule has 0 aromatic rings. The summed E-state index contributed by atoms with van der Waals surface area (Å²) in [6.07, 6.45) is 5.40. The predicted octanol–water partition coefficient (Wildman–Crippen LogP) is 2.98.